The molecule has 2 N–H and O–H groups in total. The molecule has 0 bridgehead atoms. The molecule has 0 saturated heterocycles. The van der Waals surface area contributed by atoms with Gasteiger partial charge in [0.15, 0.2) is 23.0 Å². The average molecular weight is 821 g/mol. The van der Waals surface area contributed by atoms with Crippen molar-refractivity contribution in [3.63, 3.8) is 0 Å². The van der Waals surface area contributed by atoms with E-state index in [-0.39, 0.29) is 49.4 Å². The van der Waals surface area contributed by atoms with Crippen molar-refractivity contribution in [3.05, 3.63) is 124 Å². The molecule has 13 heteroatoms. The van der Waals surface area contributed by atoms with Crippen LogP contribution in [-0.4, -0.2) is 77.4 Å². The number of rotatable bonds is 13. The van der Waals surface area contributed by atoms with Crippen LogP contribution in [0.2, 0.25) is 0 Å². The minimum absolute atomic E-state index is 0.0119. The standard InChI is InChI=1S/C48H48N6O7/c1-51(15-9-14-46(49)55)33-17-29(27-60-44-23-38-36(21-42(44)58-3)47(56)53-34(25-50-38)19-31-10-5-7-12-39(31)53)16-30(18-33)28-61-45-24-41-37(22-43(45)59-4)48(57)54-35(26-52(41)2)20-32-11-6-8-13-40(32)54/h5-8,10-13,16-18,21-25,34-35H,9,14-15,19-20,26-28H2,1-4H3,(H2,49,55)/t34-,35-/m0/s1. The van der Waals surface area contributed by atoms with Gasteiger partial charge < -0.3 is 39.4 Å². The van der Waals surface area contributed by atoms with Gasteiger partial charge in [-0.15, -0.1) is 0 Å². The molecule has 4 heterocycles. The number of hydrogen-bond donors (Lipinski definition) is 1. The van der Waals surface area contributed by atoms with Crippen LogP contribution >= 0.6 is 0 Å². The highest BCUT2D eigenvalue weighted by Crippen LogP contribution is 2.44. The predicted octanol–water partition coefficient (Wildman–Crippen LogP) is 6.87. The fraction of sp³-hybridized carbons (Fsp3) is 0.292. The van der Waals surface area contributed by atoms with Crippen molar-refractivity contribution in [3.8, 4) is 23.0 Å². The maximum Gasteiger partial charge on any atom is 0.261 e. The van der Waals surface area contributed by atoms with Gasteiger partial charge in [0.2, 0.25) is 5.91 Å². The summed E-state index contributed by atoms with van der Waals surface area (Å²) in [5, 5.41) is 0. The number of anilines is 4. The van der Waals surface area contributed by atoms with Crippen LogP contribution in [0.1, 0.15) is 55.8 Å². The Bertz CT molecular complexity index is 2590. The third-order valence-corrected chi connectivity index (χ3v) is 12.0. The summed E-state index contributed by atoms with van der Waals surface area (Å²) in [6.07, 6.45) is 4.19. The summed E-state index contributed by atoms with van der Waals surface area (Å²) in [6, 6.07) is 29.1. The fourth-order valence-electron chi connectivity index (χ4n) is 9.00. The van der Waals surface area contributed by atoms with Crippen LogP contribution in [0.4, 0.5) is 28.4 Å². The SMILES string of the molecule is COc1cc2c(cc1OCc1cc(COc3cc4c(cc3OC)C(=O)N3c5ccccc5C[C@H]3CN4C)cc(N(C)CCCC(N)=O)c1)N=C[C@@H]1Cc3ccccc3N1C2=O. The van der Waals surface area contributed by atoms with Gasteiger partial charge in [-0.25, -0.2) is 0 Å². The van der Waals surface area contributed by atoms with Gasteiger partial charge in [-0.2, -0.15) is 0 Å². The first-order valence-electron chi connectivity index (χ1n) is 20.5. The molecule has 0 aromatic heterocycles. The lowest BCUT2D eigenvalue weighted by Gasteiger charge is -2.25. The van der Waals surface area contributed by atoms with Crippen molar-refractivity contribution in [2.75, 3.05) is 61.0 Å². The summed E-state index contributed by atoms with van der Waals surface area (Å²) >= 11 is 0. The molecular weight excluding hydrogens is 773 g/mol. The van der Waals surface area contributed by atoms with Crippen LogP contribution in [0.5, 0.6) is 23.0 Å². The quantitative estimate of drug-likeness (QED) is 0.135. The second-order valence-electron chi connectivity index (χ2n) is 16.0. The Kier molecular flexibility index (Phi) is 10.5. The Morgan fingerprint density at radius 3 is 2.03 bits per heavy atom. The summed E-state index contributed by atoms with van der Waals surface area (Å²) < 4.78 is 24.6. The molecule has 0 saturated carbocycles. The number of aliphatic imine (C=N–C) groups is 1. The second kappa shape index (κ2) is 16.2. The summed E-state index contributed by atoms with van der Waals surface area (Å²) in [5.41, 5.74) is 14.5. The first-order valence-corrected chi connectivity index (χ1v) is 20.5. The maximum atomic E-state index is 14.2. The smallest absolute Gasteiger partial charge is 0.261 e. The highest BCUT2D eigenvalue weighted by Gasteiger charge is 2.40. The van der Waals surface area contributed by atoms with Crippen LogP contribution < -0.4 is 44.3 Å². The topological polar surface area (TPSA) is 139 Å². The van der Waals surface area contributed by atoms with Gasteiger partial charge in [0.05, 0.1) is 48.8 Å². The number of nitrogens with two attached hydrogens (primary N) is 1. The molecule has 0 fully saturated rings. The number of para-hydroxylation sites is 2. The Balaban J connectivity index is 0.979. The highest BCUT2D eigenvalue weighted by atomic mass is 16.5. The lowest BCUT2D eigenvalue weighted by atomic mass is 10.1. The number of primary amides is 1. The number of methoxy groups -OCH3 is 2. The average Bonchev–Trinajstić information content (AvgIpc) is 3.76. The molecule has 4 aliphatic heterocycles. The van der Waals surface area contributed by atoms with Crippen LogP contribution in [0, 0.1) is 0 Å². The zero-order valence-electron chi connectivity index (χ0n) is 34.7. The maximum absolute atomic E-state index is 14.2. The summed E-state index contributed by atoms with van der Waals surface area (Å²) in [7, 11) is 7.10. The van der Waals surface area contributed by atoms with Crippen molar-refractivity contribution in [1.29, 1.82) is 0 Å². The van der Waals surface area contributed by atoms with Gasteiger partial charge in [0, 0.05) is 75.4 Å². The molecule has 13 nitrogen and oxygen atoms in total. The van der Waals surface area contributed by atoms with Crippen LogP contribution in [0.3, 0.4) is 0 Å². The molecule has 0 radical (unpaired) electrons. The van der Waals surface area contributed by atoms with Crippen molar-refractivity contribution < 1.29 is 33.3 Å². The molecule has 4 aliphatic rings. The zero-order valence-corrected chi connectivity index (χ0v) is 34.7. The lowest BCUT2D eigenvalue weighted by Crippen LogP contribution is -2.41. The minimum atomic E-state index is -0.345. The summed E-state index contributed by atoms with van der Waals surface area (Å²) in [6.45, 7) is 1.62. The molecular formula is C48H48N6O7. The first-order chi connectivity index (χ1) is 29.6. The number of amides is 3. The Morgan fingerprint density at radius 1 is 0.754 bits per heavy atom. The van der Waals surface area contributed by atoms with Gasteiger partial charge in [-0.05, 0) is 77.6 Å². The first kappa shape index (κ1) is 39.4. The van der Waals surface area contributed by atoms with E-state index in [0.717, 1.165) is 45.9 Å². The van der Waals surface area contributed by atoms with E-state index in [1.807, 2.05) is 91.9 Å². The van der Waals surface area contributed by atoms with Crippen molar-refractivity contribution in [2.24, 2.45) is 10.7 Å². The van der Waals surface area contributed by atoms with Crippen LogP contribution in [-0.2, 0) is 30.8 Å². The molecule has 0 aliphatic carbocycles. The van der Waals surface area contributed by atoms with Gasteiger partial charge in [0.25, 0.3) is 11.8 Å². The number of likely N-dealkylation sites (N-methyl/N-ethyl adjacent to an activating group) is 1. The van der Waals surface area contributed by atoms with E-state index in [4.69, 9.17) is 29.7 Å². The van der Waals surface area contributed by atoms with Crippen LogP contribution in [0.25, 0.3) is 0 Å². The van der Waals surface area contributed by atoms with E-state index >= 15 is 0 Å². The highest BCUT2D eigenvalue weighted by molar-refractivity contribution is 6.15. The van der Waals surface area contributed by atoms with Gasteiger partial charge in [0.1, 0.15) is 13.2 Å². The van der Waals surface area contributed by atoms with Gasteiger partial charge >= 0.3 is 0 Å². The number of carbonyl (C=O) groups is 3. The van der Waals surface area contributed by atoms with Crippen LogP contribution in [0.15, 0.2) is 96.0 Å². The number of ether oxygens (including phenoxy) is 4. The zero-order chi connectivity index (χ0) is 42.4. The Hall–Kier alpha value is -7.02. The second-order valence-corrected chi connectivity index (χ2v) is 16.0. The van der Waals surface area contributed by atoms with E-state index in [2.05, 4.69) is 15.9 Å². The number of nitrogens with zero attached hydrogens (tertiary/aromatic N) is 5. The van der Waals surface area contributed by atoms with Gasteiger partial charge in [-0.3, -0.25) is 24.3 Å². The largest absolute Gasteiger partial charge is 0.493 e. The Morgan fingerprint density at radius 2 is 1.36 bits per heavy atom. The van der Waals surface area contributed by atoms with Crippen molar-refractivity contribution in [2.45, 2.75) is 51.0 Å². The fourth-order valence-corrected chi connectivity index (χ4v) is 9.00. The minimum Gasteiger partial charge on any atom is -0.493 e. The monoisotopic (exact) mass is 820 g/mol. The lowest BCUT2D eigenvalue weighted by molar-refractivity contribution is -0.118. The molecule has 5 aromatic rings. The summed E-state index contributed by atoms with van der Waals surface area (Å²) in [5.74, 6) is 1.28. The van der Waals surface area contributed by atoms with E-state index < -0.39 is 0 Å². The third-order valence-electron chi connectivity index (χ3n) is 12.0. The van der Waals surface area contributed by atoms with E-state index in [9.17, 15) is 14.4 Å². The predicted molar refractivity (Wildman–Crippen MR) is 236 cm³/mol. The molecule has 3 amide bonds. The molecule has 2 atom stereocenters. The molecule has 312 valence electrons. The molecule has 0 unspecified atom stereocenters. The molecule has 9 rings (SSSR count). The normalized spacial score (nSPS) is 17.0. The summed E-state index contributed by atoms with van der Waals surface area (Å²) in [4.78, 5) is 52.3. The van der Waals surface area contributed by atoms with Gasteiger partial charge in [-0.1, -0.05) is 36.4 Å². The number of carbonyl (C=O) groups excluding carboxylic acids is 3. The molecule has 5 aromatic carbocycles. The van der Waals surface area contributed by atoms with Crippen molar-refractivity contribution >= 4 is 52.4 Å². The van der Waals surface area contributed by atoms with Crippen molar-refractivity contribution in [1.82, 2.24) is 0 Å². The number of fused-ring (bicyclic) bond motifs is 8. The number of hydrogen-bond acceptors (Lipinski definition) is 10. The van der Waals surface area contributed by atoms with E-state index in [0.29, 0.717) is 65.7 Å². The molecule has 0 spiro atoms. The molecule has 61 heavy (non-hydrogen) atoms. The van der Waals surface area contributed by atoms with E-state index in [1.54, 1.807) is 37.3 Å². The van der Waals surface area contributed by atoms with E-state index in [1.165, 1.54) is 5.56 Å². The number of benzene rings is 5. The Labute approximate surface area is 354 Å². The third kappa shape index (κ3) is 7.45.